The zero-order valence-corrected chi connectivity index (χ0v) is 35.8. The number of hydrogen-bond acceptors (Lipinski definition) is 10. The number of aliphatic hydroxyl groups excluding tert-OH is 4. The minimum atomic E-state index is -1.61. The Morgan fingerprint density at radius 3 is 1.54 bits per heavy atom. The van der Waals surface area contributed by atoms with Crippen LogP contribution in [0.3, 0.4) is 0 Å². The van der Waals surface area contributed by atoms with E-state index in [0.29, 0.717) is 12.8 Å². The van der Waals surface area contributed by atoms with Gasteiger partial charge in [-0.05, 0) is 70.6 Å². The third kappa shape index (κ3) is 29.5. The van der Waals surface area contributed by atoms with Crippen molar-refractivity contribution in [2.45, 2.75) is 218 Å². The SMILES string of the molecule is CCCCCCCC/C=C/C/C=C/C/C=C/CCCC(=O)OC[C@@H](CO[C@H]1O[C@@H](CO)[C@@H](O)C(O)C1O)OC(=O)CCCCC/C=C/CCCCCCCCCC. The van der Waals surface area contributed by atoms with E-state index in [1.807, 2.05) is 0 Å². The monoisotopic (exact) mass is 807 g/mol. The lowest BCUT2D eigenvalue weighted by Crippen LogP contribution is -2.59. The number of esters is 2. The second-order valence-corrected chi connectivity index (χ2v) is 15.5. The van der Waals surface area contributed by atoms with Gasteiger partial charge in [0.15, 0.2) is 12.4 Å². The molecule has 57 heavy (non-hydrogen) atoms. The first kappa shape index (κ1) is 52.7. The van der Waals surface area contributed by atoms with Gasteiger partial charge in [-0.15, -0.1) is 0 Å². The summed E-state index contributed by atoms with van der Waals surface area (Å²) < 4.78 is 22.1. The molecule has 1 aliphatic heterocycles. The van der Waals surface area contributed by atoms with Crippen LogP contribution >= 0.6 is 0 Å². The number of aliphatic hydroxyl groups is 4. The van der Waals surface area contributed by atoms with Gasteiger partial charge in [0.05, 0.1) is 13.2 Å². The molecule has 1 saturated heterocycles. The van der Waals surface area contributed by atoms with Crippen LogP contribution in [-0.4, -0.2) is 89.0 Å². The number of allylic oxidation sites excluding steroid dienone is 8. The second-order valence-electron chi connectivity index (χ2n) is 15.5. The maximum absolute atomic E-state index is 12.8. The minimum absolute atomic E-state index is 0.198. The average molecular weight is 807 g/mol. The first-order valence-electron chi connectivity index (χ1n) is 22.7. The molecule has 2 unspecified atom stereocenters. The Balaban J connectivity index is 2.38. The summed E-state index contributed by atoms with van der Waals surface area (Å²) in [4.78, 5) is 25.3. The van der Waals surface area contributed by atoms with Crippen molar-refractivity contribution in [1.82, 2.24) is 0 Å². The van der Waals surface area contributed by atoms with Crippen molar-refractivity contribution >= 4 is 11.9 Å². The van der Waals surface area contributed by atoms with E-state index in [0.717, 1.165) is 51.4 Å². The summed E-state index contributed by atoms with van der Waals surface area (Å²) in [5.41, 5.74) is 0. The van der Waals surface area contributed by atoms with Crippen LogP contribution in [0.4, 0.5) is 0 Å². The second kappa shape index (κ2) is 37.9. The highest BCUT2D eigenvalue weighted by Gasteiger charge is 2.44. The molecule has 330 valence electrons. The van der Waals surface area contributed by atoms with Crippen LogP contribution in [0.15, 0.2) is 48.6 Å². The summed E-state index contributed by atoms with van der Waals surface area (Å²) in [6, 6.07) is 0. The molecule has 0 spiro atoms. The summed E-state index contributed by atoms with van der Waals surface area (Å²) in [6.45, 7) is 3.34. The lowest BCUT2D eigenvalue weighted by Gasteiger charge is -2.39. The fourth-order valence-corrected chi connectivity index (χ4v) is 6.55. The molecule has 1 aliphatic rings. The van der Waals surface area contributed by atoms with Gasteiger partial charge in [-0.25, -0.2) is 0 Å². The van der Waals surface area contributed by atoms with Gasteiger partial charge in [0, 0.05) is 12.8 Å². The zero-order chi connectivity index (χ0) is 41.6. The normalized spacial score (nSPS) is 20.7. The summed E-state index contributed by atoms with van der Waals surface area (Å²) in [5.74, 6) is -0.887. The molecule has 0 radical (unpaired) electrons. The van der Waals surface area contributed by atoms with Crippen molar-refractivity contribution in [3.8, 4) is 0 Å². The number of rotatable bonds is 37. The Kier molecular flexibility index (Phi) is 35.0. The van der Waals surface area contributed by atoms with Crippen molar-refractivity contribution in [1.29, 1.82) is 0 Å². The number of hydrogen-bond donors (Lipinski definition) is 4. The van der Waals surface area contributed by atoms with Crippen LogP contribution in [0.1, 0.15) is 181 Å². The lowest BCUT2D eigenvalue weighted by molar-refractivity contribution is -0.305. The molecule has 1 heterocycles. The fourth-order valence-electron chi connectivity index (χ4n) is 6.55. The average Bonchev–Trinajstić information content (AvgIpc) is 3.21. The first-order valence-corrected chi connectivity index (χ1v) is 22.7. The van der Waals surface area contributed by atoms with Crippen LogP contribution in [0.25, 0.3) is 0 Å². The molecule has 0 saturated carbocycles. The van der Waals surface area contributed by atoms with Gasteiger partial charge < -0.3 is 39.4 Å². The summed E-state index contributed by atoms with van der Waals surface area (Å²) >= 11 is 0. The molecule has 6 atom stereocenters. The molecule has 1 fully saturated rings. The largest absolute Gasteiger partial charge is 0.462 e. The summed E-state index contributed by atoms with van der Waals surface area (Å²) in [5, 5.41) is 40.0. The molecular formula is C47H82O10. The van der Waals surface area contributed by atoms with E-state index in [9.17, 15) is 30.0 Å². The number of unbranched alkanes of at least 4 members (excludes halogenated alkanes) is 18. The van der Waals surface area contributed by atoms with Crippen molar-refractivity contribution < 1.29 is 49.0 Å². The minimum Gasteiger partial charge on any atom is -0.462 e. The highest BCUT2D eigenvalue weighted by Crippen LogP contribution is 2.22. The lowest BCUT2D eigenvalue weighted by atomic mass is 9.99. The predicted octanol–water partition coefficient (Wildman–Crippen LogP) is 9.67. The maximum atomic E-state index is 12.8. The van der Waals surface area contributed by atoms with E-state index in [1.165, 1.54) is 89.9 Å². The smallest absolute Gasteiger partial charge is 0.306 e. The summed E-state index contributed by atoms with van der Waals surface area (Å²) in [6.07, 6.45) is 37.0. The summed E-state index contributed by atoms with van der Waals surface area (Å²) in [7, 11) is 0. The zero-order valence-electron chi connectivity index (χ0n) is 35.8. The molecule has 0 aliphatic carbocycles. The van der Waals surface area contributed by atoms with E-state index >= 15 is 0 Å². The Bertz CT molecular complexity index is 1070. The van der Waals surface area contributed by atoms with Gasteiger partial charge in [0.2, 0.25) is 0 Å². The quantitative estimate of drug-likeness (QED) is 0.0271. The standard InChI is InChI=1S/C47H82O10/c1-3-5-7-9-11-13-15-17-19-20-22-23-25-27-29-31-33-35-42(49)54-38-40(39-55-47-46(53)45(52)44(51)41(37-48)57-47)56-43(50)36-34-32-30-28-26-24-21-18-16-14-12-10-8-6-4-2/h17,19,22-24,26-27,29,40-41,44-48,51-53H,3-16,18,20-21,25,28,30-39H2,1-2H3/b19-17+,23-22+,26-24+,29-27+/t40-,41-,44+,45?,46?,47-/m0/s1. The predicted molar refractivity (Wildman–Crippen MR) is 229 cm³/mol. The van der Waals surface area contributed by atoms with Gasteiger partial charge in [-0.2, -0.15) is 0 Å². The third-order valence-corrected chi connectivity index (χ3v) is 10.2. The molecule has 0 amide bonds. The molecule has 0 aromatic heterocycles. The van der Waals surface area contributed by atoms with Gasteiger partial charge in [0.25, 0.3) is 0 Å². The van der Waals surface area contributed by atoms with E-state index in [-0.39, 0.29) is 26.1 Å². The van der Waals surface area contributed by atoms with Gasteiger partial charge in [-0.3, -0.25) is 9.59 Å². The molecule has 10 nitrogen and oxygen atoms in total. The topological polar surface area (TPSA) is 152 Å². The molecule has 0 aromatic rings. The van der Waals surface area contributed by atoms with Crippen molar-refractivity contribution in [3.05, 3.63) is 48.6 Å². The fraction of sp³-hybridized carbons (Fsp3) is 0.787. The van der Waals surface area contributed by atoms with Crippen molar-refractivity contribution in [3.63, 3.8) is 0 Å². The van der Waals surface area contributed by atoms with Crippen molar-refractivity contribution in [2.24, 2.45) is 0 Å². The van der Waals surface area contributed by atoms with Crippen molar-refractivity contribution in [2.75, 3.05) is 19.8 Å². The highest BCUT2D eigenvalue weighted by molar-refractivity contribution is 5.70. The number of carbonyl (C=O) groups is 2. The number of ether oxygens (including phenoxy) is 4. The maximum Gasteiger partial charge on any atom is 0.306 e. The van der Waals surface area contributed by atoms with Gasteiger partial charge in [0.1, 0.15) is 31.0 Å². The molecular weight excluding hydrogens is 725 g/mol. The Morgan fingerprint density at radius 2 is 1.00 bits per heavy atom. The molecule has 4 N–H and O–H groups in total. The van der Waals surface area contributed by atoms with E-state index in [1.54, 1.807) is 0 Å². The van der Waals surface area contributed by atoms with E-state index in [4.69, 9.17) is 18.9 Å². The molecule has 0 bridgehead atoms. The Hall–Kier alpha value is -2.34. The number of carbonyl (C=O) groups excluding carboxylic acids is 2. The van der Waals surface area contributed by atoms with Crippen LogP contribution in [0.5, 0.6) is 0 Å². The molecule has 0 aromatic carbocycles. The van der Waals surface area contributed by atoms with E-state index in [2.05, 4.69) is 62.5 Å². The van der Waals surface area contributed by atoms with Crippen LogP contribution in [0, 0.1) is 0 Å². The van der Waals surface area contributed by atoms with Crippen LogP contribution < -0.4 is 0 Å². The van der Waals surface area contributed by atoms with Crippen LogP contribution in [-0.2, 0) is 28.5 Å². The third-order valence-electron chi connectivity index (χ3n) is 10.2. The first-order chi connectivity index (χ1) is 27.8. The Morgan fingerprint density at radius 1 is 0.544 bits per heavy atom. The molecule has 1 rings (SSSR count). The van der Waals surface area contributed by atoms with E-state index < -0.39 is 55.4 Å². The van der Waals surface area contributed by atoms with Gasteiger partial charge >= 0.3 is 11.9 Å². The highest BCUT2D eigenvalue weighted by atomic mass is 16.7. The van der Waals surface area contributed by atoms with Gasteiger partial charge in [-0.1, -0.05) is 146 Å². The Labute approximate surface area is 346 Å². The molecule has 10 heteroatoms. The van der Waals surface area contributed by atoms with Crippen LogP contribution in [0.2, 0.25) is 0 Å².